The maximum Gasteiger partial charge on any atom is 0.321 e. The van der Waals surface area contributed by atoms with Gasteiger partial charge in [-0.05, 0) is 24.6 Å². The first-order chi connectivity index (χ1) is 8.17. The molecule has 0 saturated heterocycles. The summed E-state index contributed by atoms with van der Waals surface area (Å²) in [4.78, 5) is 13.5. The first kappa shape index (κ1) is 13.4. The second-order valence-corrected chi connectivity index (χ2v) is 3.72. The third kappa shape index (κ3) is 4.40. The lowest BCUT2D eigenvalue weighted by Gasteiger charge is -2.21. The summed E-state index contributed by atoms with van der Waals surface area (Å²) >= 11 is 0. The van der Waals surface area contributed by atoms with E-state index in [1.54, 1.807) is 17.0 Å². The first-order valence-electron chi connectivity index (χ1n) is 5.69. The smallest absolute Gasteiger partial charge is 0.321 e. The van der Waals surface area contributed by atoms with Gasteiger partial charge in [-0.3, -0.25) is 0 Å². The van der Waals surface area contributed by atoms with Crippen LogP contribution in [0.25, 0.3) is 0 Å². The molecule has 5 heteroatoms. The van der Waals surface area contributed by atoms with Crippen LogP contribution in [0.3, 0.4) is 0 Å². The van der Waals surface area contributed by atoms with Crippen LogP contribution in [0.2, 0.25) is 0 Å². The fourth-order valence-corrected chi connectivity index (χ4v) is 1.51. The van der Waals surface area contributed by atoms with E-state index >= 15 is 0 Å². The van der Waals surface area contributed by atoms with Gasteiger partial charge in [-0.15, -0.1) is 0 Å². The fourth-order valence-electron chi connectivity index (χ4n) is 1.51. The number of nitrogens with zero attached hydrogens (tertiary/aromatic N) is 1. The van der Waals surface area contributed by atoms with Crippen molar-refractivity contribution in [3.05, 3.63) is 30.1 Å². The summed E-state index contributed by atoms with van der Waals surface area (Å²) in [5.41, 5.74) is 5.89. The molecule has 0 fully saturated rings. The number of anilines is 1. The van der Waals surface area contributed by atoms with Gasteiger partial charge in [-0.2, -0.15) is 0 Å². The van der Waals surface area contributed by atoms with Crippen molar-refractivity contribution >= 4 is 11.7 Å². The lowest BCUT2D eigenvalue weighted by molar-refractivity contribution is 0.213. The summed E-state index contributed by atoms with van der Waals surface area (Å²) in [6.07, 6.45) is 0.858. The standard InChI is InChI=1S/C12H18FN3O/c1-2-7-16(8-6-14)12(17)15-11-5-3-4-10(13)9-11/h3-5,9H,2,6-8,14H2,1H3,(H,15,17). The molecule has 1 rings (SSSR count). The van der Waals surface area contributed by atoms with Crippen molar-refractivity contribution in [1.82, 2.24) is 4.90 Å². The van der Waals surface area contributed by atoms with Gasteiger partial charge >= 0.3 is 6.03 Å². The predicted octanol–water partition coefficient (Wildman–Crippen LogP) is 2.03. The quantitative estimate of drug-likeness (QED) is 0.826. The van der Waals surface area contributed by atoms with Crippen LogP contribution in [-0.4, -0.2) is 30.6 Å². The molecule has 0 saturated carbocycles. The van der Waals surface area contributed by atoms with Crippen LogP contribution in [0.5, 0.6) is 0 Å². The molecule has 0 aliphatic carbocycles. The second-order valence-electron chi connectivity index (χ2n) is 3.72. The normalized spacial score (nSPS) is 10.1. The Balaban J connectivity index is 2.62. The Bertz CT molecular complexity index is 365. The van der Waals surface area contributed by atoms with Gasteiger partial charge in [0.25, 0.3) is 0 Å². The van der Waals surface area contributed by atoms with Gasteiger partial charge in [0.2, 0.25) is 0 Å². The van der Waals surface area contributed by atoms with Crippen LogP contribution in [0.1, 0.15) is 13.3 Å². The summed E-state index contributed by atoms with van der Waals surface area (Å²) in [6.45, 7) is 3.53. The molecule has 0 aromatic heterocycles. The van der Waals surface area contributed by atoms with Crippen molar-refractivity contribution in [3.8, 4) is 0 Å². The topological polar surface area (TPSA) is 58.4 Å². The molecule has 94 valence electrons. The Morgan fingerprint density at radius 1 is 1.47 bits per heavy atom. The van der Waals surface area contributed by atoms with Crippen LogP contribution >= 0.6 is 0 Å². The zero-order chi connectivity index (χ0) is 12.7. The fraction of sp³-hybridized carbons (Fsp3) is 0.417. The number of hydrogen-bond donors (Lipinski definition) is 2. The minimum absolute atomic E-state index is 0.247. The molecular formula is C12H18FN3O. The first-order valence-corrected chi connectivity index (χ1v) is 5.69. The summed E-state index contributed by atoms with van der Waals surface area (Å²) in [5, 5.41) is 2.64. The Kier molecular flexibility index (Phi) is 5.42. The average molecular weight is 239 g/mol. The number of benzene rings is 1. The molecule has 0 aliphatic rings. The lowest BCUT2D eigenvalue weighted by Crippen LogP contribution is -2.38. The number of nitrogens with two attached hydrogens (primary N) is 1. The monoisotopic (exact) mass is 239 g/mol. The third-order valence-corrected chi connectivity index (χ3v) is 2.26. The number of rotatable bonds is 5. The molecule has 4 nitrogen and oxygen atoms in total. The van der Waals surface area contributed by atoms with E-state index in [0.717, 1.165) is 6.42 Å². The molecule has 0 spiro atoms. The number of urea groups is 1. The largest absolute Gasteiger partial charge is 0.329 e. The highest BCUT2D eigenvalue weighted by atomic mass is 19.1. The van der Waals surface area contributed by atoms with E-state index in [9.17, 15) is 9.18 Å². The van der Waals surface area contributed by atoms with Crippen LogP contribution in [-0.2, 0) is 0 Å². The van der Waals surface area contributed by atoms with Crippen LogP contribution in [0, 0.1) is 5.82 Å². The summed E-state index contributed by atoms with van der Waals surface area (Å²) in [6, 6.07) is 5.57. The second kappa shape index (κ2) is 6.85. The van der Waals surface area contributed by atoms with E-state index < -0.39 is 0 Å². The summed E-state index contributed by atoms with van der Waals surface area (Å²) in [7, 11) is 0. The van der Waals surface area contributed by atoms with Gasteiger partial charge in [-0.1, -0.05) is 13.0 Å². The van der Waals surface area contributed by atoms with Gasteiger partial charge < -0.3 is 16.0 Å². The molecule has 1 aromatic rings. The van der Waals surface area contributed by atoms with Crippen LogP contribution in [0.15, 0.2) is 24.3 Å². The van der Waals surface area contributed by atoms with E-state index in [0.29, 0.717) is 25.3 Å². The number of halogens is 1. The van der Waals surface area contributed by atoms with E-state index in [2.05, 4.69) is 5.32 Å². The molecule has 0 unspecified atom stereocenters. The number of hydrogen-bond acceptors (Lipinski definition) is 2. The van der Waals surface area contributed by atoms with Gasteiger partial charge in [0.1, 0.15) is 5.82 Å². The van der Waals surface area contributed by atoms with Crippen molar-refractivity contribution in [3.63, 3.8) is 0 Å². The summed E-state index contributed by atoms with van der Waals surface area (Å²) in [5.74, 6) is -0.372. The predicted molar refractivity (Wildman–Crippen MR) is 66.3 cm³/mol. The van der Waals surface area contributed by atoms with E-state index in [-0.39, 0.29) is 11.8 Å². The molecule has 17 heavy (non-hydrogen) atoms. The number of carbonyl (C=O) groups is 1. The molecule has 1 aromatic carbocycles. The number of nitrogens with one attached hydrogen (secondary N) is 1. The Hall–Kier alpha value is -1.62. The van der Waals surface area contributed by atoms with Gasteiger partial charge in [0.15, 0.2) is 0 Å². The molecule has 2 amide bonds. The highest BCUT2D eigenvalue weighted by Gasteiger charge is 2.11. The Morgan fingerprint density at radius 3 is 2.82 bits per heavy atom. The Labute approximate surface area is 101 Å². The van der Waals surface area contributed by atoms with E-state index in [1.165, 1.54) is 12.1 Å². The molecule has 0 radical (unpaired) electrons. The minimum Gasteiger partial charge on any atom is -0.329 e. The number of amides is 2. The zero-order valence-electron chi connectivity index (χ0n) is 9.95. The highest BCUT2D eigenvalue weighted by Crippen LogP contribution is 2.10. The van der Waals surface area contributed by atoms with E-state index in [4.69, 9.17) is 5.73 Å². The highest BCUT2D eigenvalue weighted by molar-refractivity contribution is 5.89. The maximum atomic E-state index is 12.9. The summed E-state index contributed by atoms with van der Waals surface area (Å²) < 4.78 is 12.9. The third-order valence-electron chi connectivity index (χ3n) is 2.26. The molecule has 0 heterocycles. The molecular weight excluding hydrogens is 221 g/mol. The van der Waals surface area contributed by atoms with Gasteiger partial charge in [0.05, 0.1) is 0 Å². The van der Waals surface area contributed by atoms with Crippen molar-refractivity contribution in [2.45, 2.75) is 13.3 Å². The SMILES string of the molecule is CCCN(CCN)C(=O)Nc1cccc(F)c1. The number of carbonyl (C=O) groups excluding carboxylic acids is 1. The van der Waals surface area contributed by atoms with Crippen molar-refractivity contribution < 1.29 is 9.18 Å². The molecule has 3 N–H and O–H groups in total. The minimum atomic E-state index is -0.372. The lowest BCUT2D eigenvalue weighted by atomic mass is 10.3. The average Bonchev–Trinajstić information content (AvgIpc) is 2.28. The van der Waals surface area contributed by atoms with Crippen molar-refractivity contribution in [1.29, 1.82) is 0 Å². The Morgan fingerprint density at radius 2 is 2.24 bits per heavy atom. The maximum absolute atomic E-state index is 12.9. The van der Waals surface area contributed by atoms with E-state index in [1.807, 2.05) is 6.92 Å². The zero-order valence-corrected chi connectivity index (χ0v) is 9.95. The van der Waals surface area contributed by atoms with Gasteiger partial charge in [-0.25, -0.2) is 9.18 Å². The molecule has 0 bridgehead atoms. The van der Waals surface area contributed by atoms with Crippen LogP contribution < -0.4 is 11.1 Å². The molecule has 0 atom stereocenters. The van der Waals surface area contributed by atoms with Crippen LogP contribution in [0.4, 0.5) is 14.9 Å². The van der Waals surface area contributed by atoms with Crippen molar-refractivity contribution in [2.24, 2.45) is 5.73 Å². The molecule has 0 aliphatic heterocycles. The van der Waals surface area contributed by atoms with Gasteiger partial charge in [0, 0.05) is 25.3 Å². The van der Waals surface area contributed by atoms with Crippen molar-refractivity contribution in [2.75, 3.05) is 25.0 Å².